The Morgan fingerprint density at radius 1 is 0.974 bits per heavy atom. The van der Waals surface area contributed by atoms with Crippen molar-refractivity contribution in [2.75, 3.05) is 76.9 Å². The predicted octanol–water partition coefficient (Wildman–Crippen LogP) is 3.15. The summed E-state index contributed by atoms with van der Waals surface area (Å²) in [5, 5.41) is 72.0. The maximum absolute atomic E-state index is 15.2. The third-order valence-electron chi connectivity index (χ3n) is 16.5. The summed E-state index contributed by atoms with van der Waals surface area (Å²) in [5.41, 5.74) is -2.12. The SMILES string of the molecule is CC[C@H]1OC(=O)[C@H](C)[C@@H](O[C@H]2C[C@@](C)(OC)[C@@H](O)[C@H](C)O2)[C@H](C)/C(O[C@@H]2O[C@H](C)C[C@H](N(C)CCc3nnn(C[C@H]4CN(c5ccc(N6CCOCC6)c(F)c5)C(=O)O4)n3)[C@H]2O)=C(/O)C[C@@H](C)CN(C)[C@H](C)[C@@H](O)[C@]1(C)O. The van der Waals surface area contributed by atoms with Gasteiger partial charge in [-0.25, -0.2) is 9.18 Å². The summed E-state index contributed by atoms with van der Waals surface area (Å²) in [7, 11) is 5.14. The van der Waals surface area contributed by atoms with Crippen LogP contribution in [0.4, 0.5) is 20.6 Å². The predicted molar refractivity (Wildman–Crippen MR) is 277 cm³/mol. The standard InChI is InChI=1S/C53H85FN8O15/c1-13-41-53(9,69)47(65)33(6)59(11)26-29(2)22-40(63)46(31(4)45(32(5)49(67)75-41)76-43-25-52(8,70-12)48(66)34(7)73-43)77-50-44(64)39(23-30(3)72-50)58(10)17-16-42-55-57-62(56-42)28-36-27-61(51(68)74-36)35-14-15-38(37(54)24-35)60-18-20-71-21-19-60/h14-15,24,29-34,36,39,41,43-45,47-48,50,63-66,69H,13,16-23,25-28H2,1-12H3/b46-40-/t29-,30-,31+,32-,33-,34+,36-,39+,41-,43+,44-,45+,47-,48+,50+,52-,53-/m1/s1. The number of methoxy groups -OCH3 is 1. The van der Waals surface area contributed by atoms with Gasteiger partial charge in [-0.15, -0.1) is 10.2 Å². The van der Waals surface area contributed by atoms with Crippen LogP contribution in [0, 0.1) is 23.6 Å². The van der Waals surface area contributed by atoms with Crippen molar-refractivity contribution in [3.8, 4) is 0 Å². The number of hydrogen-bond donors (Lipinski definition) is 5. The fourth-order valence-electron chi connectivity index (χ4n) is 11.4. The van der Waals surface area contributed by atoms with Crippen LogP contribution >= 0.6 is 0 Å². The van der Waals surface area contributed by atoms with E-state index in [-0.39, 0.29) is 49.8 Å². The molecule has 434 valence electrons. The summed E-state index contributed by atoms with van der Waals surface area (Å²) in [6, 6.07) is 3.57. The number of rotatable bonds is 14. The minimum atomic E-state index is -1.86. The molecule has 17 atom stereocenters. The van der Waals surface area contributed by atoms with E-state index < -0.39 is 114 Å². The molecule has 0 bridgehead atoms. The van der Waals surface area contributed by atoms with Gasteiger partial charge < -0.3 is 78.1 Å². The maximum atomic E-state index is 15.2. The van der Waals surface area contributed by atoms with Gasteiger partial charge in [0.25, 0.3) is 0 Å². The second kappa shape index (κ2) is 25.4. The van der Waals surface area contributed by atoms with E-state index in [1.165, 1.54) is 29.8 Å². The van der Waals surface area contributed by atoms with Crippen molar-refractivity contribution >= 4 is 23.4 Å². The first kappa shape index (κ1) is 60.3. The number of aromatic nitrogens is 4. The summed E-state index contributed by atoms with van der Waals surface area (Å²) in [6.45, 7) is 18.7. The molecule has 0 unspecified atom stereocenters. The van der Waals surface area contributed by atoms with Crippen LogP contribution in [-0.4, -0.2) is 219 Å². The molecule has 1 aromatic heterocycles. The summed E-state index contributed by atoms with van der Waals surface area (Å²) >= 11 is 0. The summed E-state index contributed by atoms with van der Waals surface area (Å²) < 4.78 is 64.0. The number of morpholine rings is 1. The monoisotopic (exact) mass is 1090 g/mol. The normalized spacial score (nSPS) is 38.5. The lowest BCUT2D eigenvalue weighted by Crippen LogP contribution is -2.59. The van der Waals surface area contributed by atoms with Gasteiger partial charge in [0, 0.05) is 70.6 Å². The molecule has 4 saturated heterocycles. The smallest absolute Gasteiger partial charge is 0.414 e. The largest absolute Gasteiger partial charge is 0.509 e. The van der Waals surface area contributed by atoms with Crippen LogP contribution in [0.1, 0.15) is 93.8 Å². The van der Waals surface area contributed by atoms with Gasteiger partial charge in [0.1, 0.15) is 60.0 Å². The van der Waals surface area contributed by atoms with Gasteiger partial charge in [0.2, 0.25) is 6.29 Å². The minimum absolute atomic E-state index is 0.00909. The highest BCUT2D eigenvalue weighted by atomic mass is 19.1. The molecule has 5 N–H and O–H groups in total. The number of carbonyl (C=O) groups excluding carboxylic acids is 2. The Labute approximate surface area is 451 Å². The molecule has 0 spiro atoms. The molecule has 0 saturated carbocycles. The molecule has 1 aromatic carbocycles. The highest BCUT2D eigenvalue weighted by molar-refractivity contribution is 5.90. The van der Waals surface area contributed by atoms with Crippen molar-refractivity contribution in [1.29, 1.82) is 0 Å². The first-order chi connectivity index (χ1) is 36.3. The number of aliphatic hydroxyl groups excluding tert-OH is 4. The van der Waals surface area contributed by atoms with Gasteiger partial charge >= 0.3 is 12.1 Å². The number of allylic oxidation sites excluding steroid dienone is 1. The van der Waals surface area contributed by atoms with Crippen molar-refractivity contribution in [3.05, 3.63) is 41.4 Å². The van der Waals surface area contributed by atoms with Crippen molar-refractivity contribution in [1.82, 2.24) is 30.0 Å². The van der Waals surface area contributed by atoms with E-state index in [2.05, 4.69) is 15.4 Å². The van der Waals surface area contributed by atoms with Gasteiger partial charge in [-0.1, -0.05) is 20.8 Å². The van der Waals surface area contributed by atoms with Gasteiger partial charge in [0.05, 0.1) is 61.0 Å². The third kappa shape index (κ3) is 13.8. The van der Waals surface area contributed by atoms with E-state index in [1.807, 2.05) is 35.6 Å². The Morgan fingerprint density at radius 3 is 2.36 bits per heavy atom. The zero-order chi connectivity index (χ0) is 56.3. The van der Waals surface area contributed by atoms with Crippen molar-refractivity contribution < 1.29 is 77.4 Å². The molecule has 4 fully saturated rings. The van der Waals surface area contributed by atoms with Crippen LogP contribution < -0.4 is 9.80 Å². The number of aliphatic hydroxyl groups is 5. The molecule has 7 rings (SSSR count). The fourth-order valence-corrected chi connectivity index (χ4v) is 11.4. The van der Waals surface area contributed by atoms with E-state index in [9.17, 15) is 35.1 Å². The van der Waals surface area contributed by atoms with Gasteiger partial charge in [0.15, 0.2) is 12.1 Å². The zero-order valence-corrected chi connectivity index (χ0v) is 46.9. The number of likely N-dealkylation sites (N-methyl/N-ethyl adjacent to an activating group) is 2. The molecule has 5 aliphatic rings. The van der Waals surface area contributed by atoms with Gasteiger partial charge in [-0.2, -0.15) is 4.80 Å². The average molecular weight is 1090 g/mol. The molecular formula is C53H85FN8O15. The Balaban J connectivity index is 1.07. The fraction of sp³-hybridized carbons (Fsp3) is 0.792. The topological polar surface area (TPSA) is 266 Å². The molecule has 77 heavy (non-hydrogen) atoms. The molecule has 1 amide bonds. The first-order valence-corrected chi connectivity index (χ1v) is 27.2. The lowest BCUT2D eigenvalue weighted by atomic mass is 9.85. The van der Waals surface area contributed by atoms with E-state index in [1.54, 1.807) is 60.7 Å². The van der Waals surface area contributed by atoms with Gasteiger partial charge in [-0.3, -0.25) is 9.69 Å². The van der Waals surface area contributed by atoms with E-state index in [0.29, 0.717) is 69.4 Å². The Hall–Kier alpha value is -4.34. The molecule has 24 heteroatoms. The van der Waals surface area contributed by atoms with Crippen LogP contribution in [0.25, 0.3) is 0 Å². The van der Waals surface area contributed by atoms with Crippen LogP contribution in [0.5, 0.6) is 0 Å². The van der Waals surface area contributed by atoms with Gasteiger partial charge in [-0.05, 0) is 97.8 Å². The van der Waals surface area contributed by atoms with Crippen LogP contribution in [-0.2, 0) is 55.7 Å². The van der Waals surface area contributed by atoms with Crippen LogP contribution in [0.2, 0.25) is 0 Å². The second-order valence-corrected chi connectivity index (χ2v) is 22.5. The number of ether oxygens (including phenoxy) is 8. The molecule has 5 aliphatic heterocycles. The van der Waals surface area contributed by atoms with Crippen molar-refractivity contribution in [2.45, 2.75) is 186 Å². The number of esters is 1. The quantitative estimate of drug-likeness (QED) is 0.170. The number of cyclic esters (lactones) is 2. The number of nitrogens with zero attached hydrogens (tertiary/aromatic N) is 8. The number of tetrazole rings is 1. The highest BCUT2D eigenvalue weighted by Gasteiger charge is 2.50. The lowest BCUT2D eigenvalue weighted by Gasteiger charge is -2.46. The Bertz CT molecular complexity index is 2330. The Kier molecular flexibility index (Phi) is 19.9. The molecular weight excluding hydrogens is 1010 g/mol. The summed E-state index contributed by atoms with van der Waals surface area (Å²) in [6.07, 6.45) is -9.57. The molecule has 2 aromatic rings. The zero-order valence-electron chi connectivity index (χ0n) is 46.9. The molecule has 0 radical (unpaired) electrons. The number of amides is 1. The maximum Gasteiger partial charge on any atom is 0.414 e. The number of hydrogen-bond acceptors (Lipinski definition) is 21. The van der Waals surface area contributed by atoms with E-state index in [0.717, 1.165) is 0 Å². The van der Waals surface area contributed by atoms with Crippen LogP contribution in [0.3, 0.4) is 0 Å². The Morgan fingerprint density at radius 2 is 1.69 bits per heavy atom. The molecule has 6 heterocycles. The number of benzene rings is 1. The lowest BCUT2D eigenvalue weighted by molar-refractivity contribution is -0.297. The van der Waals surface area contributed by atoms with Crippen LogP contribution in [0.15, 0.2) is 29.7 Å². The first-order valence-electron chi connectivity index (χ1n) is 27.2. The van der Waals surface area contributed by atoms with Crippen molar-refractivity contribution in [2.24, 2.45) is 17.8 Å². The molecule has 0 aliphatic carbocycles. The third-order valence-corrected chi connectivity index (χ3v) is 16.5. The number of anilines is 2. The minimum Gasteiger partial charge on any atom is -0.509 e. The number of carbonyl (C=O) groups is 2. The second-order valence-electron chi connectivity index (χ2n) is 22.5. The number of halogens is 1. The van der Waals surface area contributed by atoms with Crippen molar-refractivity contribution in [3.63, 3.8) is 0 Å². The molecule has 23 nitrogen and oxygen atoms in total. The van der Waals surface area contributed by atoms with E-state index in [4.69, 9.17) is 37.9 Å². The summed E-state index contributed by atoms with van der Waals surface area (Å²) in [4.78, 5) is 35.8. The van der Waals surface area contributed by atoms with E-state index >= 15 is 4.39 Å². The highest BCUT2D eigenvalue weighted by Crippen LogP contribution is 2.39. The summed E-state index contributed by atoms with van der Waals surface area (Å²) in [5.74, 6) is -3.26. The average Bonchev–Trinajstić information content (AvgIpc) is 4.02.